The molecule has 194 valence electrons. The van der Waals surface area contributed by atoms with Crippen molar-refractivity contribution in [2.75, 3.05) is 33.2 Å². The number of nitrogens with zero attached hydrogens (tertiary/aromatic N) is 6. The van der Waals surface area contributed by atoms with Gasteiger partial charge in [0.25, 0.3) is 0 Å². The molecule has 0 amide bonds. The van der Waals surface area contributed by atoms with Crippen molar-refractivity contribution in [1.82, 2.24) is 39.9 Å². The smallest absolute Gasteiger partial charge is 0.181 e. The Kier molecular flexibility index (Phi) is 5.87. The van der Waals surface area contributed by atoms with Crippen molar-refractivity contribution in [3.8, 4) is 33.8 Å². The summed E-state index contributed by atoms with van der Waals surface area (Å²) in [5, 5.41) is 8.36. The zero-order valence-electron chi connectivity index (χ0n) is 21.5. The summed E-state index contributed by atoms with van der Waals surface area (Å²) in [7, 11) is 2.14. The monoisotopic (exact) mass is 518 g/mol. The molecule has 2 aromatic carbocycles. The predicted octanol–water partition coefficient (Wildman–Crippen LogP) is 5.12. The molecule has 0 spiro atoms. The van der Waals surface area contributed by atoms with E-state index in [1.165, 1.54) is 0 Å². The van der Waals surface area contributed by atoms with Crippen molar-refractivity contribution >= 4 is 22.1 Å². The van der Waals surface area contributed by atoms with Gasteiger partial charge in [-0.3, -0.25) is 15.0 Å². The Morgan fingerprint density at radius 1 is 0.923 bits per heavy atom. The van der Waals surface area contributed by atoms with Crippen molar-refractivity contribution in [1.29, 1.82) is 0 Å². The molecule has 0 radical (unpaired) electrons. The Morgan fingerprint density at radius 3 is 2.67 bits per heavy atom. The van der Waals surface area contributed by atoms with E-state index in [0.717, 1.165) is 82.7 Å². The molecule has 9 heteroatoms. The average molecular weight is 519 g/mol. The van der Waals surface area contributed by atoms with Gasteiger partial charge < -0.3 is 9.88 Å². The molecule has 0 unspecified atom stereocenters. The van der Waals surface area contributed by atoms with Crippen LogP contribution in [-0.4, -0.2) is 73.2 Å². The molecule has 5 heterocycles. The number of para-hydroxylation sites is 1. The van der Waals surface area contributed by atoms with Gasteiger partial charge in [-0.05, 0) is 54.6 Å². The van der Waals surface area contributed by atoms with E-state index in [1.807, 2.05) is 42.6 Å². The summed E-state index contributed by atoms with van der Waals surface area (Å²) >= 11 is 0. The van der Waals surface area contributed by atoms with Gasteiger partial charge in [-0.15, -0.1) is 0 Å². The van der Waals surface area contributed by atoms with Gasteiger partial charge in [0, 0.05) is 68.0 Å². The molecule has 39 heavy (non-hydrogen) atoms. The van der Waals surface area contributed by atoms with Gasteiger partial charge in [0.1, 0.15) is 11.5 Å². The predicted molar refractivity (Wildman–Crippen MR) is 150 cm³/mol. The molecule has 4 aromatic heterocycles. The highest BCUT2D eigenvalue weighted by atomic mass is 19.1. The molecule has 1 saturated heterocycles. The van der Waals surface area contributed by atoms with E-state index in [9.17, 15) is 4.39 Å². The summed E-state index contributed by atoms with van der Waals surface area (Å²) in [6.45, 7) is 4.75. The fourth-order valence-electron chi connectivity index (χ4n) is 5.32. The highest BCUT2D eigenvalue weighted by Crippen LogP contribution is 2.33. The van der Waals surface area contributed by atoms with Crippen LogP contribution in [0.15, 0.2) is 73.2 Å². The standard InChI is InChI=1S/C30H27FN8/c1-38-8-10-39(11-9-38)18-19-12-21(14-23(31)13-19)24-5-2-6-26-27(24)35-30(34-26)28-25-15-22(17-33-29(25)37-36-28)20-4-3-7-32-16-20/h2-7,12-17H,8-11,18H2,1H3,(H,34,35)(H,33,36,37). The van der Waals surface area contributed by atoms with E-state index in [4.69, 9.17) is 4.98 Å². The first-order valence-electron chi connectivity index (χ1n) is 13.0. The van der Waals surface area contributed by atoms with Crippen LogP contribution in [0.25, 0.3) is 55.8 Å². The van der Waals surface area contributed by atoms with Crippen LogP contribution >= 0.6 is 0 Å². The number of likely N-dealkylation sites (N-methyl/N-ethyl adjacent to an activating group) is 1. The number of imidazole rings is 1. The van der Waals surface area contributed by atoms with Gasteiger partial charge in [-0.1, -0.05) is 18.2 Å². The van der Waals surface area contributed by atoms with Crippen LogP contribution < -0.4 is 0 Å². The maximum absolute atomic E-state index is 14.8. The number of benzene rings is 2. The number of pyridine rings is 2. The maximum atomic E-state index is 14.8. The zero-order chi connectivity index (χ0) is 26.3. The highest BCUT2D eigenvalue weighted by molar-refractivity contribution is 5.97. The van der Waals surface area contributed by atoms with Crippen LogP contribution in [0.3, 0.4) is 0 Å². The number of nitrogens with one attached hydrogen (secondary N) is 2. The number of rotatable bonds is 5. The van der Waals surface area contributed by atoms with Crippen LogP contribution in [0.2, 0.25) is 0 Å². The van der Waals surface area contributed by atoms with Crippen molar-refractivity contribution < 1.29 is 4.39 Å². The van der Waals surface area contributed by atoms with E-state index in [0.29, 0.717) is 11.5 Å². The Bertz CT molecular complexity index is 1780. The molecule has 8 nitrogen and oxygen atoms in total. The first kappa shape index (κ1) is 23.6. The number of H-pyrrole nitrogens is 2. The van der Waals surface area contributed by atoms with Gasteiger partial charge in [-0.25, -0.2) is 14.4 Å². The van der Waals surface area contributed by atoms with Gasteiger partial charge in [0.05, 0.1) is 16.4 Å². The summed E-state index contributed by atoms with van der Waals surface area (Å²) in [4.78, 5) is 21.8. The third kappa shape index (κ3) is 4.56. The first-order valence-corrected chi connectivity index (χ1v) is 13.0. The Morgan fingerprint density at radius 2 is 1.82 bits per heavy atom. The number of aromatic nitrogens is 6. The van der Waals surface area contributed by atoms with Crippen LogP contribution in [-0.2, 0) is 6.54 Å². The third-order valence-corrected chi connectivity index (χ3v) is 7.42. The minimum atomic E-state index is -0.238. The van der Waals surface area contributed by atoms with Crippen LogP contribution in [0.1, 0.15) is 5.56 Å². The summed E-state index contributed by atoms with van der Waals surface area (Å²) in [6.07, 6.45) is 5.36. The first-order chi connectivity index (χ1) is 19.1. The fourth-order valence-corrected chi connectivity index (χ4v) is 5.32. The molecule has 0 aliphatic carbocycles. The normalized spacial score (nSPS) is 14.9. The van der Waals surface area contributed by atoms with Crippen molar-refractivity contribution in [3.05, 3.63) is 84.6 Å². The van der Waals surface area contributed by atoms with E-state index in [2.05, 4.69) is 48.1 Å². The lowest BCUT2D eigenvalue weighted by Crippen LogP contribution is -2.43. The van der Waals surface area contributed by atoms with E-state index < -0.39 is 0 Å². The topological polar surface area (TPSA) is 89.6 Å². The van der Waals surface area contributed by atoms with Crippen LogP contribution in [0, 0.1) is 5.82 Å². The number of hydrogen-bond acceptors (Lipinski definition) is 6. The largest absolute Gasteiger partial charge is 0.337 e. The Labute approximate surface area is 224 Å². The minimum absolute atomic E-state index is 0.238. The lowest BCUT2D eigenvalue weighted by molar-refractivity contribution is 0.148. The zero-order valence-corrected chi connectivity index (χ0v) is 21.5. The summed E-state index contributed by atoms with van der Waals surface area (Å²) in [5.74, 6) is 0.414. The quantitative estimate of drug-likeness (QED) is 0.329. The average Bonchev–Trinajstić information content (AvgIpc) is 3.58. The lowest BCUT2D eigenvalue weighted by atomic mass is 10.0. The van der Waals surface area contributed by atoms with Crippen LogP contribution in [0.4, 0.5) is 4.39 Å². The number of halogens is 1. The van der Waals surface area contributed by atoms with Gasteiger partial charge >= 0.3 is 0 Å². The van der Waals surface area contributed by atoms with Gasteiger partial charge in [0.15, 0.2) is 11.5 Å². The van der Waals surface area contributed by atoms with Crippen molar-refractivity contribution in [3.63, 3.8) is 0 Å². The number of hydrogen-bond donors (Lipinski definition) is 2. The number of piperazine rings is 1. The molecule has 0 saturated carbocycles. The maximum Gasteiger partial charge on any atom is 0.181 e. The third-order valence-electron chi connectivity index (χ3n) is 7.42. The second kappa shape index (κ2) is 9.68. The van der Waals surface area contributed by atoms with Crippen LogP contribution in [0.5, 0.6) is 0 Å². The lowest BCUT2D eigenvalue weighted by Gasteiger charge is -2.32. The van der Waals surface area contributed by atoms with E-state index in [1.54, 1.807) is 24.5 Å². The number of aromatic amines is 2. The van der Waals surface area contributed by atoms with Gasteiger partial charge in [-0.2, -0.15) is 5.10 Å². The molecule has 0 bridgehead atoms. The SMILES string of the molecule is CN1CCN(Cc2cc(F)cc(-c3cccc4[nH]c(-c5[nH]nc6ncc(-c7cccnc7)cc56)nc34)c2)CC1. The number of fused-ring (bicyclic) bond motifs is 2. The molecular weight excluding hydrogens is 491 g/mol. The fraction of sp³-hybridized carbons (Fsp3) is 0.200. The molecule has 0 atom stereocenters. The molecule has 1 fully saturated rings. The molecular formula is C30H27FN8. The molecule has 1 aliphatic rings. The van der Waals surface area contributed by atoms with Crippen molar-refractivity contribution in [2.24, 2.45) is 0 Å². The van der Waals surface area contributed by atoms with Crippen molar-refractivity contribution in [2.45, 2.75) is 6.54 Å². The second-order valence-electron chi connectivity index (χ2n) is 10.2. The summed E-state index contributed by atoms with van der Waals surface area (Å²) in [6, 6.07) is 17.2. The van der Waals surface area contributed by atoms with E-state index >= 15 is 0 Å². The molecule has 6 aromatic rings. The molecule has 2 N–H and O–H groups in total. The second-order valence-corrected chi connectivity index (χ2v) is 10.2. The Hall–Kier alpha value is -4.47. The minimum Gasteiger partial charge on any atom is -0.337 e. The summed E-state index contributed by atoms with van der Waals surface area (Å²) < 4.78 is 14.8. The highest BCUT2D eigenvalue weighted by Gasteiger charge is 2.18. The molecule has 7 rings (SSSR count). The molecule has 1 aliphatic heterocycles. The summed E-state index contributed by atoms with van der Waals surface area (Å²) in [5.41, 5.74) is 7.60. The van der Waals surface area contributed by atoms with E-state index in [-0.39, 0.29) is 5.82 Å². The van der Waals surface area contributed by atoms with Gasteiger partial charge in [0.2, 0.25) is 0 Å². The Balaban J connectivity index is 1.26.